The van der Waals surface area contributed by atoms with Crippen LogP contribution in [0.1, 0.15) is 23.6 Å². The number of thiocarbonyl (C=S) groups is 1. The van der Waals surface area contributed by atoms with Gasteiger partial charge in [-0.05, 0) is 91.6 Å². The number of hydrogen-bond donors (Lipinski definition) is 2. The molecule has 0 unspecified atom stereocenters. The number of ether oxygens (including phenoxy) is 1. The van der Waals surface area contributed by atoms with Crippen molar-refractivity contribution in [2.75, 3.05) is 11.9 Å². The first-order valence-electron chi connectivity index (χ1n) is 10.7. The number of fused-ring (bicyclic) bond motifs is 1. The summed E-state index contributed by atoms with van der Waals surface area (Å²) in [5.74, 6) is 0.856. The number of aromatic nitrogens is 1. The Bertz CT molecular complexity index is 1310. The van der Waals surface area contributed by atoms with Crippen LogP contribution in [0.5, 0.6) is 5.75 Å². The van der Waals surface area contributed by atoms with Crippen LogP contribution in [-0.2, 0) is 11.2 Å². The monoisotopic (exact) mass is 459 g/mol. The minimum Gasteiger partial charge on any atom is -0.484 e. The SMILES string of the molecule is CCc1ccc(OCC(=O)NC(=S)Nc2ccc3oc(-c4ccc(C)c(C)c4)nc3c2)cc1. The lowest BCUT2D eigenvalue weighted by atomic mass is 10.1. The van der Waals surface area contributed by atoms with E-state index in [9.17, 15) is 4.79 Å². The summed E-state index contributed by atoms with van der Waals surface area (Å²) >= 11 is 5.26. The van der Waals surface area contributed by atoms with Crippen molar-refractivity contribution in [1.29, 1.82) is 0 Å². The standard InChI is InChI=1S/C26H25N3O3S/c1-4-18-6-10-21(11-7-18)31-15-24(30)29-26(33)27-20-9-12-23-22(14-20)28-25(32-23)19-8-5-16(2)17(3)13-19/h5-14H,4,15H2,1-3H3,(H2,27,29,30,33). The van der Waals surface area contributed by atoms with Crippen molar-refractivity contribution in [3.8, 4) is 17.2 Å². The maximum Gasteiger partial charge on any atom is 0.264 e. The van der Waals surface area contributed by atoms with Crippen LogP contribution in [0, 0.1) is 13.8 Å². The maximum absolute atomic E-state index is 12.2. The highest BCUT2D eigenvalue weighted by Gasteiger charge is 2.11. The molecule has 0 aliphatic carbocycles. The molecule has 0 aliphatic rings. The molecule has 33 heavy (non-hydrogen) atoms. The van der Waals surface area contributed by atoms with Crippen LogP contribution in [-0.4, -0.2) is 22.6 Å². The first-order chi connectivity index (χ1) is 15.9. The van der Waals surface area contributed by atoms with E-state index in [-0.39, 0.29) is 17.6 Å². The van der Waals surface area contributed by atoms with Crippen LogP contribution in [0.25, 0.3) is 22.6 Å². The third-order valence-electron chi connectivity index (χ3n) is 5.35. The van der Waals surface area contributed by atoms with Gasteiger partial charge in [-0.2, -0.15) is 0 Å². The molecular weight excluding hydrogens is 434 g/mol. The number of carbonyl (C=O) groups excluding carboxylic acids is 1. The van der Waals surface area contributed by atoms with Crippen LogP contribution in [0.4, 0.5) is 5.69 Å². The highest BCUT2D eigenvalue weighted by atomic mass is 32.1. The van der Waals surface area contributed by atoms with Crippen molar-refractivity contribution in [3.05, 3.63) is 77.4 Å². The van der Waals surface area contributed by atoms with Crippen LogP contribution < -0.4 is 15.4 Å². The number of rotatable bonds is 6. The van der Waals surface area contributed by atoms with Gasteiger partial charge in [-0.15, -0.1) is 0 Å². The number of benzene rings is 3. The third kappa shape index (κ3) is 5.56. The number of aryl methyl sites for hydroxylation is 3. The molecule has 0 saturated carbocycles. The normalized spacial score (nSPS) is 10.8. The fraction of sp³-hybridized carbons (Fsp3) is 0.192. The van der Waals surface area contributed by atoms with E-state index in [1.54, 1.807) is 0 Å². The first-order valence-corrected chi connectivity index (χ1v) is 11.1. The van der Waals surface area contributed by atoms with E-state index in [1.807, 2.05) is 48.5 Å². The van der Waals surface area contributed by atoms with Gasteiger partial charge in [0, 0.05) is 11.3 Å². The van der Waals surface area contributed by atoms with Crippen molar-refractivity contribution < 1.29 is 13.9 Å². The molecule has 0 bridgehead atoms. The minimum absolute atomic E-state index is 0.130. The Morgan fingerprint density at radius 3 is 2.55 bits per heavy atom. The van der Waals surface area contributed by atoms with Crippen molar-refractivity contribution in [2.24, 2.45) is 0 Å². The van der Waals surface area contributed by atoms with E-state index in [0.29, 0.717) is 28.4 Å². The highest BCUT2D eigenvalue weighted by molar-refractivity contribution is 7.80. The molecule has 0 radical (unpaired) electrons. The summed E-state index contributed by atoms with van der Waals surface area (Å²) in [5.41, 5.74) is 6.60. The van der Waals surface area contributed by atoms with Gasteiger partial charge >= 0.3 is 0 Å². The lowest BCUT2D eigenvalue weighted by Gasteiger charge is -2.10. The smallest absolute Gasteiger partial charge is 0.264 e. The van der Waals surface area contributed by atoms with E-state index in [1.165, 1.54) is 16.7 Å². The second-order valence-corrected chi connectivity index (χ2v) is 8.20. The molecule has 2 N–H and O–H groups in total. The summed E-state index contributed by atoms with van der Waals surface area (Å²) in [4.78, 5) is 16.8. The van der Waals surface area contributed by atoms with E-state index < -0.39 is 0 Å². The zero-order valence-electron chi connectivity index (χ0n) is 18.8. The van der Waals surface area contributed by atoms with Gasteiger partial charge in [0.15, 0.2) is 17.3 Å². The Hall–Kier alpha value is -3.71. The molecule has 1 aromatic heterocycles. The lowest BCUT2D eigenvalue weighted by Crippen LogP contribution is -2.37. The van der Waals surface area contributed by atoms with Gasteiger partial charge < -0.3 is 14.5 Å². The fourth-order valence-corrected chi connectivity index (χ4v) is 3.53. The van der Waals surface area contributed by atoms with Crippen LogP contribution in [0.2, 0.25) is 0 Å². The van der Waals surface area contributed by atoms with Crippen LogP contribution in [0.3, 0.4) is 0 Å². The van der Waals surface area contributed by atoms with Crippen molar-refractivity contribution in [2.45, 2.75) is 27.2 Å². The number of nitrogens with one attached hydrogen (secondary N) is 2. The van der Waals surface area contributed by atoms with Gasteiger partial charge in [-0.3, -0.25) is 10.1 Å². The summed E-state index contributed by atoms with van der Waals surface area (Å²) in [6.45, 7) is 6.09. The average Bonchev–Trinajstić information content (AvgIpc) is 3.23. The molecule has 0 fully saturated rings. The first kappa shape index (κ1) is 22.5. The van der Waals surface area contributed by atoms with Crippen molar-refractivity contribution in [1.82, 2.24) is 10.3 Å². The second-order valence-electron chi connectivity index (χ2n) is 7.79. The van der Waals surface area contributed by atoms with E-state index in [2.05, 4.69) is 48.5 Å². The number of anilines is 1. The Morgan fingerprint density at radius 1 is 1.03 bits per heavy atom. The van der Waals surface area contributed by atoms with E-state index in [0.717, 1.165) is 12.0 Å². The minimum atomic E-state index is -0.341. The van der Waals surface area contributed by atoms with Gasteiger partial charge in [-0.1, -0.05) is 25.1 Å². The Balaban J connectivity index is 1.36. The summed E-state index contributed by atoms with van der Waals surface area (Å²) < 4.78 is 11.4. The summed E-state index contributed by atoms with van der Waals surface area (Å²) in [5, 5.41) is 5.81. The van der Waals surface area contributed by atoms with Gasteiger partial charge in [0.2, 0.25) is 5.89 Å². The zero-order valence-corrected chi connectivity index (χ0v) is 19.6. The molecule has 168 valence electrons. The Labute approximate surface area is 198 Å². The summed E-state index contributed by atoms with van der Waals surface area (Å²) in [6, 6.07) is 19.2. The topological polar surface area (TPSA) is 76.4 Å². The third-order valence-corrected chi connectivity index (χ3v) is 5.56. The lowest BCUT2D eigenvalue weighted by molar-refractivity contribution is -0.121. The predicted octanol–water partition coefficient (Wildman–Crippen LogP) is 5.57. The van der Waals surface area contributed by atoms with E-state index >= 15 is 0 Å². The van der Waals surface area contributed by atoms with Crippen molar-refractivity contribution >= 4 is 40.0 Å². The second kappa shape index (κ2) is 9.83. The summed E-state index contributed by atoms with van der Waals surface area (Å²) in [7, 11) is 0. The van der Waals surface area contributed by atoms with E-state index in [4.69, 9.17) is 21.4 Å². The Kier molecular flexibility index (Phi) is 6.70. The van der Waals surface area contributed by atoms with Gasteiger partial charge in [0.25, 0.3) is 5.91 Å². The number of carbonyl (C=O) groups is 1. The molecule has 0 aliphatic heterocycles. The molecule has 0 spiro atoms. The number of oxazole rings is 1. The Morgan fingerprint density at radius 2 is 1.82 bits per heavy atom. The van der Waals surface area contributed by atoms with Gasteiger partial charge in [0.1, 0.15) is 11.3 Å². The molecule has 7 heteroatoms. The summed E-state index contributed by atoms with van der Waals surface area (Å²) in [6.07, 6.45) is 0.952. The highest BCUT2D eigenvalue weighted by Crippen LogP contribution is 2.27. The number of amides is 1. The largest absolute Gasteiger partial charge is 0.484 e. The van der Waals surface area contributed by atoms with Crippen LogP contribution in [0.15, 0.2) is 65.1 Å². The quantitative estimate of drug-likeness (QED) is 0.367. The maximum atomic E-state index is 12.2. The van der Waals surface area contributed by atoms with Crippen LogP contribution >= 0.6 is 12.2 Å². The molecule has 4 aromatic rings. The van der Waals surface area contributed by atoms with Gasteiger partial charge in [-0.25, -0.2) is 4.98 Å². The molecule has 1 heterocycles. The molecular formula is C26H25N3O3S. The average molecular weight is 460 g/mol. The number of nitrogens with zero attached hydrogens (tertiary/aromatic N) is 1. The zero-order chi connectivity index (χ0) is 23.4. The molecule has 0 atom stereocenters. The molecule has 1 amide bonds. The molecule has 3 aromatic carbocycles. The predicted molar refractivity (Wildman–Crippen MR) is 135 cm³/mol. The van der Waals surface area contributed by atoms with Gasteiger partial charge in [0.05, 0.1) is 0 Å². The fourth-order valence-electron chi connectivity index (χ4n) is 3.30. The molecule has 6 nitrogen and oxygen atoms in total. The van der Waals surface area contributed by atoms with Crippen molar-refractivity contribution in [3.63, 3.8) is 0 Å². The molecule has 4 rings (SSSR count). The number of hydrogen-bond acceptors (Lipinski definition) is 5. The molecule has 0 saturated heterocycles.